The molecule has 0 spiro atoms. The summed E-state index contributed by atoms with van der Waals surface area (Å²) in [6.45, 7) is 2.01. The molecule has 0 aliphatic carbocycles. The minimum absolute atomic E-state index is 0.0838. The Labute approximate surface area is 217 Å². The van der Waals surface area contributed by atoms with Crippen molar-refractivity contribution < 1.29 is 23.7 Å². The van der Waals surface area contributed by atoms with Crippen LogP contribution in [0.5, 0.6) is 23.0 Å². The van der Waals surface area contributed by atoms with E-state index in [2.05, 4.69) is 10.3 Å². The molecule has 7 heteroatoms. The lowest BCUT2D eigenvalue weighted by Crippen LogP contribution is -2.21. The number of ether oxygens (including phenoxy) is 4. The van der Waals surface area contributed by atoms with Crippen LogP contribution in [0.2, 0.25) is 0 Å². The van der Waals surface area contributed by atoms with Gasteiger partial charge in [0.1, 0.15) is 0 Å². The number of methoxy groups -OCH3 is 4. The molecule has 0 fully saturated rings. The number of pyridine rings is 1. The van der Waals surface area contributed by atoms with Gasteiger partial charge in [-0.05, 0) is 47.2 Å². The van der Waals surface area contributed by atoms with Crippen molar-refractivity contribution in [1.29, 1.82) is 0 Å². The maximum atomic E-state index is 13.4. The second-order valence-corrected chi connectivity index (χ2v) is 8.59. The number of aromatic nitrogens is 1. The van der Waals surface area contributed by atoms with E-state index in [1.165, 1.54) is 0 Å². The average Bonchev–Trinajstić information content (AvgIpc) is 2.93. The molecule has 0 saturated heterocycles. The van der Waals surface area contributed by atoms with E-state index in [0.717, 1.165) is 27.6 Å². The Balaban J connectivity index is 1.76. The molecular formula is C30H32N2O5. The van der Waals surface area contributed by atoms with Gasteiger partial charge in [0.15, 0.2) is 23.0 Å². The van der Waals surface area contributed by atoms with Crippen molar-refractivity contribution in [3.05, 3.63) is 83.7 Å². The molecule has 1 amide bonds. The molecule has 0 saturated carbocycles. The SMILES string of the molecule is CCC(C(=O)Nc1cc(OC)c(OC)cc1Cc1nccc2cc(OC)c(OC)cc12)c1ccccc1. The van der Waals surface area contributed by atoms with Crippen LogP contribution in [0.1, 0.15) is 36.1 Å². The summed E-state index contributed by atoms with van der Waals surface area (Å²) in [4.78, 5) is 18.1. The molecule has 0 aliphatic rings. The molecule has 1 atom stereocenters. The van der Waals surface area contributed by atoms with Gasteiger partial charge in [0.05, 0.1) is 40.1 Å². The van der Waals surface area contributed by atoms with Gasteiger partial charge < -0.3 is 24.3 Å². The van der Waals surface area contributed by atoms with Gasteiger partial charge in [-0.2, -0.15) is 0 Å². The molecule has 1 N–H and O–H groups in total. The summed E-state index contributed by atoms with van der Waals surface area (Å²) in [5.74, 6) is 2.02. The van der Waals surface area contributed by atoms with Gasteiger partial charge in [-0.3, -0.25) is 9.78 Å². The molecule has 1 heterocycles. The first kappa shape index (κ1) is 25.8. The van der Waals surface area contributed by atoms with E-state index in [0.29, 0.717) is 41.5 Å². The molecule has 1 aromatic heterocycles. The lowest BCUT2D eigenvalue weighted by Gasteiger charge is -2.20. The van der Waals surface area contributed by atoms with Gasteiger partial charge in [0, 0.05) is 29.8 Å². The largest absolute Gasteiger partial charge is 0.493 e. The summed E-state index contributed by atoms with van der Waals surface area (Å²) >= 11 is 0. The van der Waals surface area contributed by atoms with Crippen LogP contribution >= 0.6 is 0 Å². The number of hydrogen-bond acceptors (Lipinski definition) is 6. The number of nitrogens with one attached hydrogen (secondary N) is 1. The van der Waals surface area contributed by atoms with Crippen LogP contribution in [0, 0.1) is 0 Å². The predicted octanol–water partition coefficient (Wildman–Crippen LogP) is 5.99. The van der Waals surface area contributed by atoms with Crippen LogP contribution in [-0.2, 0) is 11.2 Å². The molecule has 7 nitrogen and oxygen atoms in total. The Morgan fingerprint density at radius 1 is 0.838 bits per heavy atom. The smallest absolute Gasteiger partial charge is 0.231 e. The van der Waals surface area contributed by atoms with Gasteiger partial charge in [-0.1, -0.05) is 37.3 Å². The summed E-state index contributed by atoms with van der Waals surface area (Å²) in [5, 5.41) is 5.06. The molecule has 4 aromatic rings. The lowest BCUT2D eigenvalue weighted by molar-refractivity contribution is -0.117. The zero-order chi connectivity index (χ0) is 26.4. The third-order valence-electron chi connectivity index (χ3n) is 6.50. The predicted molar refractivity (Wildman–Crippen MR) is 145 cm³/mol. The van der Waals surface area contributed by atoms with E-state index in [-0.39, 0.29) is 11.8 Å². The Hall–Kier alpha value is -4.26. The summed E-state index contributed by atoms with van der Waals surface area (Å²) in [7, 11) is 6.39. The molecule has 3 aromatic carbocycles. The van der Waals surface area contributed by atoms with Gasteiger partial charge in [0.25, 0.3) is 0 Å². The van der Waals surface area contributed by atoms with Crippen molar-refractivity contribution in [3.63, 3.8) is 0 Å². The number of carbonyl (C=O) groups is 1. The summed E-state index contributed by atoms with van der Waals surface area (Å²) in [6.07, 6.45) is 2.89. The molecule has 0 bridgehead atoms. The number of anilines is 1. The molecule has 37 heavy (non-hydrogen) atoms. The highest BCUT2D eigenvalue weighted by Crippen LogP contribution is 2.37. The van der Waals surface area contributed by atoms with Gasteiger partial charge >= 0.3 is 0 Å². The number of rotatable bonds is 10. The minimum atomic E-state index is -0.283. The van der Waals surface area contributed by atoms with E-state index >= 15 is 0 Å². The highest BCUT2D eigenvalue weighted by atomic mass is 16.5. The van der Waals surface area contributed by atoms with Crippen LogP contribution in [0.4, 0.5) is 5.69 Å². The first-order valence-electron chi connectivity index (χ1n) is 12.1. The van der Waals surface area contributed by atoms with Crippen molar-refractivity contribution in [2.75, 3.05) is 33.8 Å². The van der Waals surface area contributed by atoms with Gasteiger partial charge in [-0.15, -0.1) is 0 Å². The second kappa shape index (κ2) is 11.6. The van der Waals surface area contributed by atoms with Crippen molar-refractivity contribution in [3.8, 4) is 23.0 Å². The van der Waals surface area contributed by atoms with E-state index in [4.69, 9.17) is 18.9 Å². The van der Waals surface area contributed by atoms with Gasteiger partial charge in [-0.25, -0.2) is 0 Å². The lowest BCUT2D eigenvalue weighted by atomic mass is 9.95. The van der Waals surface area contributed by atoms with E-state index in [1.54, 1.807) is 40.7 Å². The first-order chi connectivity index (χ1) is 18.0. The summed E-state index contributed by atoms with van der Waals surface area (Å²) < 4.78 is 22.1. The molecular weight excluding hydrogens is 468 g/mol. The average molecular weight is 501 g/mol. The topological polar surface area (TPSA) is 78.9 Å². The minimum Gasteiger partial charge on any atom is -0.493 e. The fraction of sp³-hybridized carbons (Fsp3) is 0.267. The number of benzene rings is 3. The number of fused-ring (bicyclic) bond motifs is 1. The van der Waals surface area contributed by atoms with Crippen molar-refractivity contribution in [2.24, 2.45) is 0 Å². The Bertz CT molecular complexity index is 1390. The maximum absolute atomic E-state index is 13.4. The third kappa shape index (κ3) is 5.45. The monoisotopic (exact) mass is 500 g/mol. The van der Waals surface area contributed by atoms with Crippen molar-refractivity contribution in [2.45, 2.75) is 25.7 Å². The van der Waals surface area contributed by atoms with Gasteiger partial charge in [0.2, 0.25) is 5.91 Å². The molecule has 1 unspecified atom stereocenters. The first-order valence-corrected chi connectivity index (χ1v) is 12.1. The quantitative estimate of drug-likeness (QED) is 0.288. The Kier molecular flexibility index (Phi) is 8.13. The number of nitrogens with zero attached hydrogens (tertiary/aromatic N) is 1. The van der Waals surface area contributed by atoms with Crippen LogP contribution in [-0.4, -0.2) is 39.3 Å². The molecule has 192 valence electrons. The zero-order valence-electron chi connectivity index (χ0n) is 21.8. The summed E-state index contributed by atoms with van der Waals surface area (Å²) in [6, 6.07) is 19.3. The fourth-order valence-corrected chi connectivity index (χ4v) is 4.54. The highest BCUT2D eigenvalue weighted by molar-refractivity contribution is 5.97. The van der Waals surface area contributed by atoms with Crippen LogP contribution in [0.3, 0.4) is 0 Å². The zero-order valence-corrected chi connectivity index (χ0v) is 21.8. The van der Waals surface area contributed by atoms with E-state index in [9.17, 15) is 4.79 Å². The highest BCUT2D eigenvalue weighted by Gasteiger charge is 2.22. The number of carbonyl (C=O) groups excluding carboxylic acids is 1. The Morgan fingerprint density at radius 2 is 1.46 bits per heavy atom. The second-order valence-electron chi connectivity index (χ2n) is 8.59. The number of amides is 1. The van der Waals surface area contributed by atoms with Crippen LogP contribution in [0.15, 0.2) is 66.9 Å². The van der Waals surface area contributed by atoms with Crippen molar-refractivity contribution in [1.82, 2.24) is 4.98 Å². The van der Waals surface area contributed by atoms with E-state index in [1.807, 2.05) is 61.5 Å². The molecule has 0 radical (unpaired) electrons. The fourth-order valence-electron chi connectivity index (χ4n) is 4.54. The van der Waals surface area contributed by atoms with E-state index < -0.39 is 0 Å². The van der Waals surface area contributed by atoms with Crippen LogP contribution < -0.4 is 24.3 Å². The maximum Gasteiger partial charge on any atom is 0.231 e. The Morgan fingerprint density at radius 3 is 2.11 bits per heavy atom. The molecule has 0 aliphatic heterocycles. The normalized spacial score (nSPS) is 11.6. The summed E-state index contributed by atoms with van der Waals surface area (Å²) in [5.41, 5.74) is 3.30. The van der Waals surface area contributed by atoms with Crippen molar-refractivity contribution >= 4 is 22.4 Å². The standard InChI is InChI=1S/C30H32N2O5/c1-6-22(19-10-8-7-9-11-19)30(33)32-24-18-29(37-5)27(35-3)16-21(24)14-25-23-17-28(36-4)26(34-2)15-20(23)12-13-31-25/h7-13,15-18,22H,6,14H2,1-5H3,(H,32,33). The van der Waals surface area contributed by atoms with Crippen LogP contribution in [0.25, 0.3) is 10.8 Å². The molecule has 4 rings (SSSR count). The number of hydrogen-bond donors (Lipinski definition) is 1. The third-order valence-corrected chi connectivity index (χ3v) is 6.50.